The standard InChI is InChI=1S/C20H24N6O2/c1-13-8-21-10-15(23-13)17(27)25-19-4-3-5-20(12-19,7-6-19)26-18(28)16-11-22-9-14(2)24-16/h8-11H,3-7,12H2,1-2H3,(H,25,27)(H,26,28). The Hall–Kier alpha value is -2.90. The molecule has 0 spiro atoms. The summed E-state index contributed by atoms with van der Waals surface area (Å²) in [5.41, 5.74) is 1.45. The molecule has 2 N–H and O–H groups in total. The molecule has 2 unspecified atom stereocenters. The Bertz CT molecular complexity index is 859. The van der Waals surface area contributed by atoms with E-state index in [2.05, 4.69) is 30.6 Å². The molecule has 0 aliphatic heterocycles. The average Bonchev–Trinajstić information content (AvgIpc) is 2.91. The van der Waals surface area contributed by atoms with Gasteiger partial charge in [0.05, 0.1) is 23.8 Å². The van der Waals surface area contributed by atoms with E-state index in [0.29, 0.717) is 22.8 Å². The molecule has 0 aromatic carbocycles. The molecule has 0 radical (unpaired) electrons. The molecule has 2 aromatic heterocycles. The summed E-state index contributed by atoms with van der Waals surface area (Å²) in [4.78, 5) is 42.1. The Labute approximate surface area is 163 Å². The number of rotatable bonds is 4. The molecule has 2 fully saturated rings. The fraction of sp³-hybridized carbons (Fsp3) is 0.500. The summed E-state index contributed by atoms with van der Waals surface area (Å²) in [7, 11) is 0. The molecule has 146 valence electrons. The minimum absolute atomic E-state index is 0.204. The summed E-state index contributed by atoms with van der Waals surface area (Å²) in [5, 5.41) is 6.39. The van der Waals surface area contributed by atoms with E-state index in [1.807, 2.05) is 13.8 Å². The van der Waals surface area contributed by atoms with Gasteiger partial charge >= 0.3 is 0 Å². The van der Waals surface area contributed by atoms with Gasteiger partial charge in [-0.2, -0.15) is 0 Å². The molecule has 8 nitrogen and oxygen atoms in total. The first-order valence-electron chi connectivity index (χ1n) is 9.61. The average molecular weight is 380 g/mol. The van der Waals surface area contributed by atoms with Crippen molar-refractivity contribution >= 4 is 11.8 Å². The van der Waals surface area contributed by atoms with Crippen molar-refractivity contribution in [2.24, 2.45) is 0 Å². The predicted molar refractivity (Wildman–Crippen MR) is 102 cm³/mol. The van der Waals surface area contributed by atoms with Crippen LogP contribution in [0.25, 0.3) is 0 Å². The van der Waals surface area contributed by atoms with Crippen molar-refractivity contribution in [3.63, 3.8) is 0 Å². The van der Waals surface area contributed by atoms with Crippen LogP contribution in [0.5, 0.6) is 0 Å². The van der Waals surface area contributed by atoms with Crippen LogP contribution in [0.2, 0.25) is 0 Å². The van der Waals surface area contributed by atoms with Gasteiger partial charge in [0.15, 0.2) is 0 Å². The number of nitrogens with zero attached hydrogens (tertiary/aromatic N) is 4. The maximum atomic E-state index is 12.7. The lowest BCUT2D eigenvalue weighted by atomic mass is 9.78. The number of aromatic nitrogens is 4. The normalized spacial score (nSPS) is 25.9. The SMILES string of the molecule is Cc1cncc(C(=O)NC23CCCC(NC(=O)c4cncc(C)n4)(CC2)C3)n1. The van der Waals surface area contributed by atoms with Gasteiger partial charge in [-0.3, -0.25) is 19.6 Å². The van der Waals surface area contributed by atoms with E-state index in [1.54, 1.807) is 12.4 Å². The molecule has 2 saturated carbocycles. The van der Waals surface area contributed by atoms with Gasteiger partial charge in [-0.15, -0.1) is 0 Å². The van der Waals surface area contributed by atoms with Gasteiger partial charge in [-0.05, 0) is 52.4 Å². The molecule has 2 atom stereocenters. The van der Waals surface area contributed by atoms with Gasteiger partial charge in [-0.25, -0.2) is 9.97 Å². The lowest BCUT2D eigenvalue weighted by Crippen LogP contribution is -2.55. The topological polar surface area (TPSA) is 110 Å². The number of fused-ring (bicyclic) bond motifs is 2. The summed E-state index contributed by atoms with van der Waals surface area (Å²) in [5.74, 6) is -0.408. The van der Waals surface area contributed by atoms with E-state index in [9.17, 15) is 9.59 Å². The van der Waals surface area contributed by atoms with Crippen molar-refractivity contribution in [2.75, 3.05) is 0 Å². The van der Waals surface area contributed by atoms with Crippen molar-refractivity contribution in [1.29, 1.82) is 0 Å². The second-order valence-electron chi connectivity index (χ2n) is 8.09. The van der Waals surface area contributed by atoms with Crippen molar-refractivity contribution in [3.05, 3.63) is 47.6 Å². The molecule has 2 aliphatic rings. The molecule has 2 aromatic rings. The fourth-order valence-corrected chi connectivity index (χ4v) is 4.59. The number of hydrogen-bond donors (Lipinski definition) is 2. The molecule has 2 bridgehead atoms. The van der Waals surface area contributed by atoms with Gasteiger partial charge in [0.25, 0.3) is 11.8 Å². The third kappa shape index (κ3) is 3.58. The molecule has 28 heavy (non-hydrogen) atoms. The Morgan fingerprint density at radius 2 is 1.25 bits per heavy atom. The van der Waals surface area contributed by atoms with Crippen LogP contribution in [0.15, 0.2) is 24.8 Å². The third-order valence-electron chi connectivity index (χ3n) is 5.80. The van der Waals surface area contributed by atoms with Crippen LogP contribution in [0.4, 0.5) is 0 Å². The maximum absolute atomic E-state index is 12.7. The minimum Gasteiger partial charge on any atom is -0.345 e. The van der Waals surface area contributed by atoms with Gasteiger partial charge in [0.2, 0.25) is 0 Å². The second-order valence-corrected chi connectivity index (χ2v) is 8.09. The highest BCUT2D eigenvalue weighted by Gasteiger charge is 2.52. The summed E-state index contributed by atoms with van der Waals surface area (Å²) < 4.78 is 0. The summed E-state index contributed by atoms with van der Waals surface area (Å²) in [6, 6.07) is 0. The zero-order valence-corrected chi connectivity index (χ0v) is 16.2. The fourth-order valence-electron chi connectivity index (χ4n) is 4.59. The molecular weight excluding hydrogens is 356 g/mol. The van der Waals surface area contributed by atoms with Crippen molar-refractivity contribution in [3.8, 4) is 0 Å². The Balaban J connectivity index is 1.48. The second kappa shape index (κ2) is 6.92. The zero-order valence-electron chi connectivity index (χ0n) is 16.2. The lowest BCUT2D eigenvalue weighted by Gasteiger charge is -2.40. The monoisotopic (exact) mass is 380 g/mol. The number of hydrogen-bond acceptors (Lipinski definition) is 6. The predicted octanol–water partition coefficient (Wildman–Crippen LogP) is 1.89. The van der Waals surface area contributed by atoms with Crippen LogP contribution in [0.3, 0.4) is 0 Å². The van der Waals surface area contributed by atoms with Gasteiger partial charge in [0.1, 0.15) is 11.4 Å². The van der Waals surface area contributed by atoms with E-state index >= 15 is 0 Å². The molecular formula is C20H24N6O2. The summed E-state index contributed by atoms with van der Waals surface area (Å²) >= 11 is 0. The van der Waals surface area contributed by atoms with E-state index in [4.69, 9.17) is 0 Å². The number of carbonyl (C=O) groups is 2. The number of nitrogens with one attached hydrogen (secondary N) is 2. The van der Waals surface area contributed by atoms with Crippen LogP contribution in [-0.4, -0.2) is 42.8 Å². The highest BCUT2D eigenvalue weighted by Crippen LogP contribution is 2.48. The molecule has 4 rings (SSSR count). The van der Waals surface area contributed by atoms with E-state index in [0.717, 1.165) is 38.5 Å². The minimum atomic E-state index is -0.313. The number of amides is 2. The molecule has 2 aliphatic carbocycles. The van der Waals surface area contributed by atoms with Crippen LogP contribution in [0.1, 0.15) is 70.9 Å². The largest absolute Gasteiger partial charge is 0.345 e. The van der Waals surface area contributed by atoms with Crippen molar-refractivity contribution < 1.29 is 9.59 Å². The van der Waals surface area contributed by atoms with Gasteiger partial charge in [-0.1, -0.05) is 0 Å². The van der Waals surface area contributed by atoms with E-state index in [1.165, 1.54) is 12.4 Å². The van der Waals surface area contributed by atoms with Crippen LogP contribution in [-0.2, 0) is 0 Å². The quantitative estimate of drug-likeness (QED) is 0.838. The highest BCUT2D eigenvalue weighted by molar-refractivity contribution is 5.93. The van der Waals surface area contributed by atoms with Gasteiger partial charge in [0, 0.05) is 23.5 Å². The first-order chi connectivity index (χ1) is 13.4. The molecule has 8 heteroatoms. The zero-order chi connectivity index (χ0) is 19.8. The van der Waals surface area contributed by atoms with Crippen LogP contribution < -0.4 is 10.6 Å². The number of aryl methyl sites for hydroxylation is 2. The smallest absolute Gasteiger partial charge is 0.271 e. The highest BCUT2D eigenvalue weighted by atomic mass is 16.2. The molecule has 2 amide bonds. The first-order valence-corrected chi connectivity index (χ1v) is 9.61. The third-order valence-corrected chi connectivity index (χ3v) is 5.80. The lowest BCUT2D eigenvalue weighted by molar-refractivity contribution is 0.0826. The van der Waals surface area contributed by atoms with Crippen LogP contribution in [0, 0.1) is 13.8 Å². The maximum Gasteiger partial charge on any atom is 0.271 e. The number of carbonyl (C=O) groups excluding carboxylic acids is 2. The summed E-state index contributed by atoms with van der Waals surface area (Å²) in [6.07, 6.45) is 11.4. The molecule has 2 heterocycles. The van der Waals surface area contributed by atoms with E-state index < -0.39 is 0 Å². The Kier molecular flexibility index (Phi) is 4.56. The summed E-state index contributed by atoms with van der Waals surface area (Å²) in [6.45, 7) is 3.62. The molecule has 0 saturated heterocycles. The Morgan fingerprint density at radius 3 is 1.68 bits per heavy atom. The first kappa shape index (κ1) is 18.5. The van der Waals surface area contributed by atoms with Crippen LogP contribution >= 0.6 is 0 Å². The van der Waals surface area contributed by atoms with Crippen molar-refractivity contribution in [2.45, 2.75) is 63.5 Å². The van der Waals surface area contributed by atoms with Gasteiger partial charge < -0.3 is 10.6 Å². The Morgan fingerprint density at radius 1 is 0.786 bits per heavy atom. The van der Waals surface area contributed by atoms with E-state index in [-0.39, 0.29) is 22.9 Å². The van der Waals surface area contributed by atoms with Crippen molar-refractivity contribution in [1.82, 2.24) is 30.6 Å².